The Labute approximate surface area is 128 Å². The number of fused-ring (bicyclic) bond motifs is 1. The first-order valence-electron chi connectivity index (χ1n) is 7.30. The fourth-order valence-corrected chi connectivity index (χ4v) is 2.68. The zero-order valence-corrected chi connectivity index (χ0v) is 12.9. The van der Waals surface area contributed by atoms with Crippen molar-refractivity contribution in [1.82, 2.24) is 4.57 Å². The molecular formula is C19H18FNO. The second-order valence-corrected chi connectivity index (χ2v) is 6.46. The van der Waals surface area contributed by atoms with Gasteiger partial charge in [-0.2, -0.15) is 0 Å². The number of halogens is 1. The molecule has 0 amide bonds. The van der Waals surface area contributed by atoms with Gasteiger partial charge in [-0.15, -0.1) is 0 Å². The van der Waals surface area contributed by atoms with Crippen molar-refractivity contribution in [2.75, 3.05) is 0 Å². The van der Waals surface area contributed by atoms with E-state index in [1.807, 2.05) is 45.0 Å². The minimum Gasteiger partial charge on any atom is -0.277 e. The molecule has 0 atom stereocenters. The lowest BCUT2D eigenvalue weighted by Crippen LogP contribution is -2.29. The molecule has 2 nitrogen and oxygen atoms in total. The van der Waals surface area contributed by atoms with Crippen LogP contribution < -0.4 is 5.56 Å². The molecule has 0 spiro atoms. The van der Waals surface area contributed by atoms with E-state index in [2.05, 4.69) is 0 Å². The Balaban J connectivity index is 2.49. The van der Waals surface area contributed by atoms with Crippen LogP contribution >= 0.6 is 0 Å². The molecule has 1 aromatic heterocycles. The van der Waals surface area contributed by atoms with Gasteiger partial charge in [-0.05, 0) is 29.7 Å². The Kier molecular flexibility index (Phi) is 3.36. The summed E-state index contributed by atoms with van der Waals surface area (Å²) in [5.74, 6) is -0.398. The zero-order chi connectivity index (χ0) is 15.9. The fraction of sp³-hybridized carbons (Fsp3) is 0.211. The molecule has 0 saturated heterocycles. The maximum absolute atomic E-state index is 14.3. The first-order valence-corrected chi connectivity index (χ1v) is 7.30. The van der Waals surface area contributed by atoms with Crippen LogP contribution in [0.2, 0.25) is 0 Å². The van der Waals surface area contributed by atoms with E-state index in [-0.39, 0.29) is 11.0 Å². The van der Waals surface area contributed by atoms with E-state index in [0.717, 1.165) is 11.1 Å². The van der Waals surface area contributed by atoms with Gasteiger partial charge in [0, 0.05) is 16.5 Å². The van der Waals surface area contributed by atoms with E-state index in [1.165, 1.54) is 10.6 Å². The van der Waals surface area contributed by atoms with Gasteiger partial charge in [0.1, 0.15) is 5.82 Å². The second-order valence-electron chi connectivity index (χ2n) is 6.46. The molecule has 0 unspecified atom stereocenters. The fourth-order valence-electron chi connectivity index (χ4n) is 2.68. The third-order valence-electron chi connectivity index (χ3n) is 3.79. The minimum atomic E-state index is -0.398. The molecule has 0 saturated carbocycles. The molecule has 1 heterocycles. The van der Waals surface area contributed by atoms with Gasteiger partial charge in [0.05, 0.1) is 5.69 Å². The third-order valence-corrected chi connectivity index (χ3v) is 3.79. The Bertz CT molecular complexity index is 903. The predicted octanol–water partition coefficient (Wildman–Crippen LogP) is 4.43. The lowest BCUT2D eigenvalue weighted by atomic mass is 9.89. The number of nitrogens with zero attached hydrogens (tertiary/aromatic N) is 1. The SMILES string of the molecule is CC(C)(C)c1cc2ccccc2c(=O)n1-c1ccccc1F. The van der Waals surface area contributed by atoms with E-state index in [0.29, 0.717) is 11.1 Å². The maximum Gasteiger partial charge on any atom is 0.263 e. The zero-order valence-electron chi connectivity index (χ0n) is 12.9. The summed E-state index contributed by atoms with van der Waals surface area (Å²) in [5, 5.41) is 1.48. The molecular weight excluding hydrogens is 277 g/mol. The summed E-state index contributed by atoms with van der Waals surface area (Å²) in [6.07, 6.45) is 0. The van der Waals surface area contributed by atoms with Crippen LogP contribution in [0.1, 0.15) is 26.5 Å². The van der Waals surface area contributed by atoms with Gasteiger partial charge in [0.15, 0.2) is 0 Å². The lowest BCUT2D eigenvalue weighted by molar-refractivity contribution is 0.540. The van der Waals surface area contributed by atoms with Crippen LogP contribution in [0.3, 0.4) is 0 Å². The number of rotatable bonds is 1. The van der Waals surface area contributed by atoms with E-state index >= 15 is 0 Å². The standard InChI is InChI=1S/C19H18FNO/c1-19(2,3)17-12-13-8-4-5-9-14(13)18(22)21(17)16-11-7-6-10-15(16)20/h4-12H,1-3H3. The highest BCUT2D eigenvalue weighted by atomic mass is 19.1. The molecule has 0 aliphatic heterocycles. The highest BCUT2D eigenvalue weighted by molar-refractivity contribution is 5.82. The average molecular weight is 295 g/mol. The van der Waals surface area contributed by atoms with E-state index in [4.69, 9.17) is 0 Å². The number of hydrogen-bond acceptors (Lipinski definition) is 1. The van der Waals surface area contributed by atoms with Crippen molar-refractivity contribution in [2.45, 2.75) is 26.2 Å². The summed E-state index contributed by atoms with van der Waals surface area (Å²) in [4.78, 5) is 12.9. The normalized spacial score (nSPS) is 11.8. The molecule has 22 heavy (non-hydrogen) atoms. The van der Waals surface area contributed by atoms with Gasteiger partial charge < -0.3 is 0 Å². The van der Waals surface area contributed by atoms with Crippen molar-refractivity contribution in [2.24, 2.45) is 0 Å². The average Bonchev–Trinajstić information content (AvgIpc) is 2.47. The molecule has 0 N–H and O–H groups in total. The van der Waals surface area contributed by atoms with Crippen LogP contribution in [0.15, 0.2) is 59.4 Å². The molecule has 0 bridgehead atoms. The number of para-hydroxylation sites is 1. The highest BCUT2D eigenvalue weighted by Gasteiger charge is 2.22. The number of aromatic nitrogens is 1. The second kappa shape index (κ2) is 5.09. The van der Waals surface area contributed by atoms with Gasteiger partial charge >= 0.3 is 0 Å². The number of pyridine rings is 1. The van der Waals surface area contributed by atoms with Crippen LogP contribution in [0.25, 0.3) is 16.5 Å². The molecule has 0 fully saturated rings. The molecule has 3 heteroatoms. The van der Waals surface area contributed by atoms with Crippen LogP contribution in [0.4, 0.5) is 4.39 Å². The van der Waals surface area contributed by atoms with Gasteiger partial charge in [0.2, 0.25) is 0 Å². The van der Waals surface area contributed by atoms with Crippen molar-refractivity contribution in [3.05, 3.63) is 76.5 Å². The summed E-state index contributed by atoms with van der Waals surface area (Å²) in [6.45, 7) is 6.07. The van der Waals surface area contributed by atoms with Gasteiger partial charge in [-0.1, -0.05) is 51.1 Å². The summed E-state index contributed by atoms with van der Waals surface area (Å²) in [5.41, 5.74) is 0.614. The molecule has 0 aliphatic carbocycles. The van der Waals surface area contributed by atoms with E-state index in [1.54, 1.807) is 24.3 Å². The Morgan fingerprint density at radius 2 is 1.59 bits per heavy atom. The highest BCUT2D eigenvalue weighted by Crippen LogP contribution is 2.27. The van der Waals surface area contributed by atoms with Crippen LogP contribution in [0.5, 0.6) is 0 Å². The van der Waals surface area contributed by atoms with Crippen molar-refractivity contribution >= 4 is 10.8 Å². The summed E-state index contributed by atoms with van der Waals surface area (Å²) in [6, 6.07) is 15.8. The van der Waals surface area contributed by atoms with Gasteiger partial charge in [0.25, 0.3) is 5.56 Å². The smallest absolute Gasteiger partial charge is 0.263 e. The van der Waals surface area contributed by atoms with Crippen LogP contribution in [0, 0.1) is 5.82 Å². The van der Waals surface area contributed by atoms with Crippen molar-refractivity contribution < 1.29 is 4.39 Å². The molecule has 0 radical (unpaired) electrons. The van der Waals surface area contributed by atoms with Crippen molar-refractivity contribution in [3.63, 3.8) is 0 Å². The third kappa shape index (κ3) is 2.33. The molecule has 3 aromatic rings. The maximum atomic E-state index is 14.3. The minimum absolute atomic E-state index is 0.187. The van der Waals surface area contributed by atoms with Crippen LogP contribution in [-0.2, 0) is 5.41 Å². The number of hydrogen-bond donors (Lipinski definition) is 0. The van der Waals surface area contributed by atoms with E-state index < -0.39 is 5.82 Å². The molecule has 112 valence electrons. The molecule has 0 aliphatic rings. The molecule has 3 rings (SSSR count). The monoisotopic (exact) mass is 295 g/mol. The molecule has 2 aromatic carbocycles. The van der Waals surface area contributed by atoms with Crippen molar-refractivity contribution in [3.8, 4) is 5.69 Å². The number of benzene rings is 2. The summed E-state index contributed by atoms with van der Waals surface area (Å²) >= 11 is 0. The predicted molar refractivity (Wildman–Crippen MR) is 88.2 cm³/mol. The van der Waals surface area contributed by atoms with E-state index in [9.17, 15) is 9.18 Å². The van der Waals surface area contributed by atoms with Crippen molar-refractivity contribution in [1.29, 1.82) is 0 Å². The van der Waals surface area contributed by atoms with Crippen LogP contribution in [-0.4, -0.2) is 4.57 Å². The Hall–Kier alpha value is -2.42. The van der Waals surface area contributed by atoms with Gasteiger partial charge in [-0.25, -0.2) is 4.39 Å². The Morgan fingerprint density at radius 3 is 2.27 bits per heavy atom. The first kappa shape index (κ1) is 14.5. The summed E-state index contributed by atoms with van der Waals surface area (Å²) < 4.78 is 15.8. The Morgan fingerprint density at radius 1 is 0.955 bits per heavy atom. The lowest BCUT2D eigenvalue weighted by Gasteiger charge is -2.25. The topological polar surface area (TPSA) is 22.0 Å². The van der Waals surface area contributed by atoms with Gasteiger partial charge in [-0.3, -0.25) is 9.36 Å². The largest absolute Gasteiger partial charge is 0.277 e. The first-order chi connectivity index (χ1) is 10.4. The summed E-state index contributed by atoms with van der Waals surface area (Å²) in [7, 11) is 0. The quantitative estimate of drug-likeness (QED) is 0.651.